The first-order valence-corrected chi connectivity index (χ1v) is 7.87. The standard InChI is InChI=1S/C12H14BrNS2/c1-2-5-14-12(10-4-3-6-15-10)11-7-9(13)8-16-11/h3-4,6-8,12,14H,2,5H2,1H3. The molecule has 0 bridgehead atoms. The van der Waals surface area contributed by atoms with Crippen molar-refractivity contribution < 1.29 is 0 Å². The summed E-state index contributed by atoms with van der Waals surface area (Å²) < 4.78 is 1.17. The molecule has 0 aliphatic heterocycles. The van der Waals surface area contributed by atoms with Gasteiger partial charge in [0.25, 0.3) is 0 Å². The van der Waals surface area contributed by atoms with Gasteiger partial charge in [-0.1, -0.05) is 13.0 Å². The number of thiophene rings is 2. The summed E-state index contributed by atoms with van der Waals surface area (Å²) in [6.45, 7) is 3.25. The van der Waals surface area contributed by atoms with E-state index in [4.69, 9.17) is 0 Å². The third-order valence-corrected chi connectivity index (χ3v) is 4.99. The maximum Gasteiger partial charge on any atom is 0.0765 e. The van der Waals surface area contributed by atoms with Gasteiger partial charge in [-0.05, 0) is 46.4 Å². The summed E-state index contributed by atoms with van der Waals surface area (Å²) >= 11 is 7.14. The highest BCUT2D eigenvalue weighted by Crippen LogP contribution is 2.32. The molecule has 0 amide bonds. The molecule has 16 heavy (non-hydrogen) atoms. The quantitative estimate of drug-likeness (QED) is 0.846. The summed E-state index contributed by atoms with van der Waals surface area (Å²) in [7, 11) is 0. The lowest BCUT2D eigenvalue weighted by Gasteiger charge is -2.15. The summed E-state index contributed by atoms with van der Waals surface area (Å²) in [5.74, 6) is 0. The lowest BCUT2D eigenvalue weighted by molar-refractivity contribution is 0.613. The number of rotatable bonds is 5. The van der Waals surface area contributed by atoms with Gasteiger partial charge in [0.05, 0.1) is 6.04 Å². The van der Waals surface area contributed by atoms with Crippen LogP contribution < -0.4 is 5.32 Å². The molecular weight excluding hydrogens is 302 g/mol. The largest absolute Gasteiger partial charge is 0.305 e. The Morgan fingerprint density at radius 2 is 2.25 bits per heavy atom. The van der Waals surface area contributed by atoms with Crippen molar-refractivity contribution in [3.05, 3.63) is 43.2 Å². The van der Waals surface area contributed by atoms with Gasteiger partial charge in [-0.3, -0.25) is 0 Å². The molecule has 2 heterocycles. The van der Waals surface area contributed by atoms with Gasteiger partial charge < -0.3 is 5.32 Å². The lowest BCUT2D eigenvalue weighted by Crippen LogP contribution is -2.21. The average molecular weight is 316 g/mol. The fraction of sp³-hybridized carbons (Fsp3) is 0.333. The summed E-state index contributed by atoms with van der Waals surface area (Å²) in [6, 6.07) is 6.88. The van der Waals surface area contributed by atoms with Crippen molar-refractivity contribution in [3.8, 4) is 0 Å². The maximum atomic E-state index is 3.60. The molecule has 1 unspecified atom stereocenters. The Labute approximate surface area is 113 Å². The van der Waals surface area contributed by atoms with Crippen LogP contribution in [0, 0.1) is 0 Å². The Kier molecular flexibility index (Phi) is 4.58. The number of nitrogens with one attached hydrogen (secondary N) is 1. The van der Waals surface area contributed by atoms with E-state index in [0.29, 0.717) is 6.04 Å². The van der Waals surface area contributed by atoms with Crippen LogP contribution in [0.25, 0.3) is 0 Å². The van der Waals surface area contributed by atoms with Crippen LogP contribution in [-0.4, -0.2) is 6.54 Å². The summed E-state index contributed by atoms with van der Waals surface area (Å²) in [5, 5.41) is 7.88. The first-order valence-electron chi connectivity index (χ1n) is 5.32. The topological polar surface area (TPSA) is 12.0 Å². The van der Waals surface area contributed by atoms with Gasteiger partial charge in [0, 0.05) is 19.6 Å². The van der Waals surface area contributed by atoms with Crippen LogP contribution in [0.4, 0.5) is 0 Å². The third-order valence-electron chi connectivity index (χ3n) is 2.30. The molecule has 2 aromatic rings. The fourth-order valence-corrected chi connectivity index (χ4v) is 3.99. The zero-order chi connectivity index (χ0) is 11.4. The second-order valence-corrected chi connectivity index (χ2v) is 6.41. The molecule has 1 atom stereocenters. The van der Waals surface area contributed by atoms with Gasteiger partial charge >= 0.3 is 0 Å². The third kappa shape index (κ3) is 2.94. The SMILES string of the molecule is CCCNC(c1cccs1)c1cc(Br)cs1. The maximum absolute atomic E-state index is 3.60. The number of hydrogen-bond acceptors (Lipinski definition) is 3. The van der Waals surface area contributed by atoms with E-state index in [-0.39, 0.29) is 0 Å². The Hall–Kier alpha value is -0.160. The molecule has 0 radical (unpaired) electrons. The summed E-state index contributed by atoms with van der Waals surface area (Å²) in [4.78, 5) is 2.77. The highest BCUT2D eigenvalue weighted by Gasteiger charge is 2.15. The number of halogens is 1. The van der Waals surface area contributed by atoms with Crippen LogP contribution >= 0.6 is 38.6 Å². The summed E-state index contributed by atoms with van der Waals surface area (Å²) in [6.07, 6.45) is 1.16. The molecule has 0 saturated carbocycles. The first kappa shape index (κ1) is 12.3. The zero-order valence-corrected chi connectivity index (χ0v) is 12.3. The second kappa shape index (κ2) is 5.96. The van der Waals surface area contributed by atoms with Crippen molar-refractivity contribution in [2.24, 2.45) is 0 Å². The van der Waals surface area contributed by atoms with Crippen LogP contribution in [0.15, 0.2) is 33.4 Å². The van der Waals surface area contributed by atoms with E-state index in [1.165, 1.54) is 14.2 Å². The van der Waals surface area contributed by atoms with E-state index in [9.17, 15) is 0 Å². The van der Waals surface area contributed by atoms with Crippen molar-refractivity contribution in [1.29, 1.82) is 0 Å². The van der Waals surface area contributed by atoms with Gasteiger partial charge in [-0.25, -0.2) is 0 Å². The van der Waals surface area contributed by atoms with Crippen LogP contribution in [0.1, 0.15) is 29.1 Å². The lowest BCUT2D eigenvalue weighted by atomic mass is 10.2. The van der Waals surface area contributed by atoms with Crippen molar-refractivity contribution in [2.75, 3.05) is 6.54 Å². The van der Waals surface area contributed by atoms with Crippen molar-refractivity contribution in [2.45, 2.75) is 19.4 Å². The van der Waals surface area contributed by atoms with Crippen LogP contribution in [0.5, 0.6) is 0 Å². The number of hydrogen-bond donors (Lipinski definition) is 1. The second-order valence-electron chi connectivity index (χ2n) is 3.57. The Bertz CT molecular complexity index is 422. The van der Waals surface area contributed by atoms with Crippen molar-refractivity contribution in [1.82, 2.24) is 5.32 Å². The molecule has 1 nitrogen and oxygen atoms in total. The van der Waals surface area contributed by atoms with E-state index in [1.807, 2.05) is 11.3 Å². The highest BCUT2D eigenvalue weighted by molar-refractivity contribution is 9.10. The van der Waals surface area contributed by atoms with Crippen molar-refractivity contribution >= 4 is 38.6 Å². The molecule has 4 heteroatoms. The fourth-order valence-electron chi connectivity index (χ4n) is 1.57. The van der Waals surface area contributed by atoms with Gasteiger partial charge in [0.2, 0.25) is 0 Å². The van der Waals surface area contributed by atoms with E-state index < -0.39 is 0 Å². The molecule has 0 aromatic carbocycles. The Morgan fingerprint density at radius 3 is 2.81 bits per heavy atom. The zero-order valence-electron chi connectivity index (χ0n) is 9.07. The molecule has 1 N–H and O–H groups in total. The van der Waals surface area contributed by atoms with Gasteiger partial charge in [0.15, 0.2) is 0 Å². The molecule has 2 rings (SSSR count). The average Bonchev–Trinajstić information content (AvgIpc) is 2.91. The molecule has 2 aromatic heterocycles. The predicted molar refractivity (Wildman–Crippen MR) is 76.5 cm³/mol. The molecule has 0 aliphatic rings. The monoisotopic (exact) mass is 315 g/mol. The molecule has 0 aliphatic carbocycles. The smallest absolute Gasteiger partial charge is 0.0765 e. The molecule has 0 saturated heterocycles. The van der Waals surface area contributed by atoms with Crippen molar-refractivity contribution in [3.63, 3.8) is 0 Å². The van der Waals surface area contributed by atoms with Gasteiger partial charge in [-0.15, -0.1) is 22.7 Å². The normalized spacial score (nSPS) is 12.9. The van der Waals surface area contributed by atoms with E-state index in [0.717, 1.165) is 13.0 Å². The van der Waals surface area contributed by atoms with Crippen LogP contribution in [0.2, 0.25) is 0 Å². The van der Waals surface area contributed by atoms with Crippen LogP contribution in [-0.2, 0) is 0 Å². The minimum Gasteiger partial charge on any atom is -0.305 e. The molecule has 0 fully saturated rings. The Morgan fingerprint density at radius 1 is 1.38 bits per heavy atom. The summed E-state index contributed by atoms with van der Waals surface area (Å²) in [5.41, 5.74) is 0. The van der Waals surface area contributed by atoms with Gasteiger partial charge in [0.1, 0.15) is 0 Å². The highest BCUT2D eigenvalue weighted by atomic mass is 79.9. The van der Waals surface area contributed by atoms with E-state index in [2.05, 4.69) is 57.1 Å². The van der Waals surface area contributed by atoms with E-state index in [1.54, 1.807) is 11.3 Å². The van der Waals surface area contributed by atoms with Crippen LogP contribution in [0.3, 0.4) is 0 Å². The van der Waals surface area contributed by atoms with E-state index >= 15 is 0 Å². The molecule has 0 spiro atoms. The minimum absolute atomic E-state index is 0.358. The minimum atomic E-state index is 0.358. The predicted octanol–water partition coefficient (Wildman–Crippen LogP) is 4.66. The van der Waals surface area contributed by atoms with Gasteiger partial charge in [-0.2, -0.15) is 0 Å². The molecular formula is C12H14BrNS2. The molecule has 86 valence electrons. The Balaban J connectivity index is 2.21. The first-order chi connectivity index (χ1) is 7.81.